The van der Waals surface area contributed by atoms with Gasteiger partial charge in [0.25, 0.3) is 0 Å². The van der Waals surface area contributed by atoms with Crippen molar-refractivity contribution in [3.63, 3.8) is 0 Å². The number of nitrogens with zero attached hydrogens (tertiary/aromatic N) is 1. The van der Waals surface area contributed by atoms with E-state index in [-0.39, 0.29) is 11.3 Å². The van der Waals surface area contributed by atoms with Gasteiger partial charge in [0.2, 0.25) is 0 Å². The summed E-state index contributed by atoms with van der Waals surface area (Å²) in [6.45, 7) is 6.02. The first-order valence-corrected chi connectivity index (χ1v) is 7.38. The number of hydrogen-bond donors (Lipinski definition) is 2. The lowest BCUT2D eigenvalue weighted by Gasteiger charge is -2.24. The van der Waals surface area contributed by atoms with Crippen LogP contribution in [0.5, 0.6) is 0 Å². The molecule has 0 spiro atoms. The maximum atomic E-state index is 7.54. The molecule has 0 saturated heterocycles. The molecule has 0 amide bonds. The molecule has 1 rings (SSSR count). The van der Waals surface area contributed by atoms with E-state index in [2.05, 4.69) is 46.1 Å². The number of rotatable bonds is 7. The standard InChI is InChI=1S/C15H24BrN3/c1-15(2,14(17)18)8-5-9-19(3)11-12-6-4-7-13(16)10-12/h4,6-7,10H,5,8-9,11H2,1-3H3,(H3,17,18). The Bertz CT molecular complexity index is 429. The van der Waals surface area contributed by atoms with Crippen LogP contribution in [0.15, 0.2) is 28.7 Å². The summed E-state index contributed by atoms with van der Waals surface area (Å²) in [7, 11) is 2.13. The van der Waals surface area contributed by atoms with Gasteiger partial charge in [-0.1, -0.05) is 41.9 Å². The van der Waals surface area contributed by atoms with E-state index in [1.165, 1.54) is 5.56 Å². The lowest BCUT2D eigenvalue weighted by Crippen LogP contribution is -2.31. The van der Waals surface area contributed by atoms with Crippen LogP contribution in [0.2, 0.25) is 0 Å². The third-order valence-electron chi connectivity index (χ3n) is 3.41. The van der Waals surface area contributed by atoms with Crippen molar-refractivity contribution in [2.45, 2.75) is 33.2 Å². The molecule has 0 heterocycles. The van der Waals surface area contributed by atoms with Crippen LogP contribution in [-0.4, -0.2) is 24.3 Å². The molecule has 1 aromatic carbocycles. The summed E-state index contributed by atoms with van der Waals surface area (Å²) in [4.78, 5) is 2.30. The third kappa shape index (κ3) is 5.74. The van der Waals surface area contributed by atoms with E-state index in [9.17, 15) is 0 Å². The van der Waals surface area contributed by atoms with Gasteiger partial charge in [-0.15, -0.1) is 0 Å². The number of amidine groups is 1. The van der Waals surface area contributed by atoms with Crippen LogP contribution >= 0.6 is 15.9 Å². The highest BCUT2D eigenvalue weighted by molar-refractivity contribution is 9.10. The summed E-state index contributed by atoms with van der Waals surface area (Å²) in [6, 6.07) is 8.39. The van der Waals surface area contributed by atoms with E-state index < -0.39 is 0 Å². The molecule has 0 aromatic heterocycles. The molecule has 3 nitrogen and oxygen atoms in total. The lowest BCUT2D eigenvalue weighted by molar-refractivity contribution is 0.300. The topological polar surface area (TPSA) is 53.1 Å². The Morgan fingerprint density at radius 3 is 2.68 bits per heavy atom. The van der Waals surface area contributed by atoms with Gasteiger partial charge in [0.05, 0.1) is 5.84 Å². The summed E-state index contributed by atoms with van der Waals surface area (Å²) >= 11 is 3.49. The third-order valence-corrected chi connectivity index (χ3v) is 3.91. The molecule has 0 aliphatic heterocycles. The Balaban J connectivity index is 2.36. The number of nitrogens with one attached hydrogen (secondary N) is 1. The molecular formula is C15H24BrN3. The van der Waals surface area contributed by atoms with Crippen LogP contribution in [-0.2, 0) is 6.54 Å². The molecule has 0 aliphatic rings. The van der Waals surface area contributed by atoms with E-state index in [1.807, 2.05) is 19.9 Å². The first-order valence-electron chi connectivity index (χ1n) is 6.59. The molecule has 0 radical (unpaired) electrons. The number of hydrogen-bond acceptors (Lipinski definition) is 2. The number of nitrogens with two attached hydrogens (primary N) is 1. The van der Waals surface area contributed by atoms with Crippen molar-refractivity contribution < 1.29 is 0 Å². The van der Waals surface area contributed by atoms with Crippen molar-refractivity contribution >= 4 is 21.8 Å². The van der Waals surface area contributed by atoms with Crippen LogP contribution in [0, 0.1) is 10.8 Å². The highest BCUT2D eigenvalue weighted by Crippen LogP contribution is 2.22. The van der Waals surface area contributed by atoms with Crippen LogP contribution < -0.4 is 5.73 Å². The molecule has 0 unspecified atom stereocenters. The van der Waals surface area contributed by atoms with Gasteiger partial charge in [-0.3, -0.25) is 5.41 Å². The van der Waals surface area contributed by atoms with Crippen LogP contribution in [0.3, 0.4) is 0 Å². The van der Waals surface area contributed by atoms with Crippen molar-refractivity contribution in [2.75, 3.05) is 13.6 Å². The van der Waals surface area contributed by atoms with Gasteiger partial charge in [-0.2, -0.15) is 0 Å². The van der Waals surface area contributed by atoms with Gasteiger partial charge in [-0.05, 0) is 44.1 Å². The van der Waals surface area contributed by atoms with Crippen LogP contribution in [0.1, 0.15) is 32.3 Å². The Morgan fingerprint density at radius 2 is 2.11 bits per heavy atom. The molecule has 106 valence electrons. The largest absolute Gasteiger partial charge is 0.387 e. The fourth-order valence-corrected chi connectivity index (χ4v) is 2.40. The Kier molecular flexibility index (Phi) is 6.01. The second kappa shape index (κ2) is 7.06. The Morgan fingerprint density at radius 1 is 1.42 bits per heavy atom. The smallest absolute Gasteiger partial charge is 0.0963 e. The highest BCUT2D eigenvalue weighted by Gasteiger charge is 2.20. The van der Waals surface area contributed by atoms with Crippen molar-refractivity contribution in [2.24, 2.45) is 11.1 Å². The predicted octanol–water partition coefficient (Wildman–Crippen LogP) is 3.62. The Hall–Kier alpha value is -0.870. The molecule has 4 heteroatoms. The minimum atomic E-state index is -0.184. The predicted molar refractivity (Wildman–Crippen MR) is 85.4 cm³/mol. The van der Waals surface area contributed by atoms with Gasteiger partial charge < -0.3 is 10.6 Å². The molecular weight excluding hydrogens is 302 g/mol. The second-order valence-electron chi connectivity index (χ2n) is 5.77. The molecule has 1 aromatic rings. The van der Waals surface area contributed by atoms with E-state index in [0.717, 1.165) is 30.4 Å². The quantitative estimate of drug-likeness (QED) is 0.594. The SMILES string of the molecule is CN(CCCC(C)(C)C(=N)N)Cc1cccc(Br)c1. The summed E-state index contributed by atoms with van der Waals surface area (Å²) in [5.74, 6) is 0.280. The van der Waals surface area contributed by atoms with E-state index >= 15 is 0 Å². The monoisotopic (exact) mass is 325 g/mol. The zero-order chi connectivity index (χ0) is 14.5. The van der Waals surface area contributed by atoms with Gasteiger partial charge >= 0.3 is 0 Å². The summed E-state index contributed by atoms with van der Waals surface area (Å²) < 4.78 is 1.12. The zero-order valence-electron chi connectivity index (χ0n) is 12.0. The number of halogens is 1. The molecule has 0 fully saturated rings. The summed E-state index contributed by atoms with van der Waals surface area (Å²) in [6.07, 6.45) is 2.00. The van der Waals surface area contributed by atoms with E-state index in [0.29, 0.717) is 0 Å². The second-order valence-corrected chi connectivity index (χ2v) is 6.68. The molecule has 19 heavy (non-hydrogen) atoms. The fraction of sp³-hybridized carbons (Fsp3) is 0.533. The summed E-state index contributed by atoms with van der Waals surface area (Å²) in [5, 5.41) is 7.54. The lowest BCUT2D eigenvalue weighted by atomic mass is 9.86. The minimum absolute atomic E-state index is 0.184. The molecule has 0 saturated carbocycles. The average Bonchev–Trinajstić information content (AvgIpc) is 2.28. The average molecular weight is 326 g/mol. The first kappa shape index (κ1) is 16.2. The molecule has 0 atom stereocenters. The van der Waals surface area contributed by atoms with E-state index in [4.69, 9.17) is 11.1 Å². The molecule has 0 aliphatic carbocycles. The molecule has 0 bridgehead atoms. The normalized spacial score (nSPS) is 11.8. The van der Waals surface area contributed by atoms with Crippen molar-refractivity contribution in [1.82, 2.24) is 4.90 Å². The van der Waals surface area contributed by atoms with Gasteiger partial charge in [0.1, 0.15) is 0 Å². The molecule has 3 N–H and O–H groups in total. The highest BCUT2D eigenvalue weighted by atomic mass is 79.9. The van der Waals surface area contributed by atoms with Gasteiger partial charge in [0.15, 0.2) is 0 Å². The van der Waals surface area contributed by atoms with E-state index in [1.54, 1.807) is 0 Å². The maximum absolute atomic E-state index is 7.54. The minimum Gasteiger partial charge on any atom is -0.387 e. The summed E-state index contributed by atoms with van der Waals surface area (Å²) in [5.41, 5.74) is 6.72. The fourth-order valence-electron chi connectivity index (χ4n) is 1.95. The van der Waals surface area contributed by atoms with Crippen LogP contribution in [0.25, 0.3) is 0 Å². The van der Waals surface area contributed by atoms with Gasteiger partial charge in [0, 0.05) is 16.4 Å². The maximum Gasteiger partial charge on any atom is 0.0963 e. The zero-order valence-corrected chi connectivity index (χ0v) is 13.6. The number of benzene rings is 1. The van der Waals surface area contributed by atoms with Crippen LogP contribution in [0.4, 0.5) is 0 Å². The Labute approximate surface area is 124 Å². The first-order chi connectivity index (χ1) is 8.81. The van der Waals surface area contributed by atoms with Gasteiger partial charge in [-0.25, -0.2) is 0 Å². The van der Waals surface area contributed by atoms with Crippen molar-refractivity contribution in [3.8, 4) is 0 Å². The van der Waals surface area contributed by atoms with Crippen molar-refractivity contribution in [1.29, 1.82) is 5.41 Å². The van der Waals surface area contributed by atoms with Crippen molar-refractivity contribution in [3.05, 3.63) is 34.3 Å².